The highest BCUT2D eigenvalue weighted by molar-refractivity contribution is 7.20. The molecule has 1 N–H and O–H groups in total. The molecule has 2 amide bonds. The summed E-state index contributed by atoms with van der Waals surface area (Å²) in [5, 5.41) is 9.38. The second-order valence-electron chi connectivity index (χ2n) is 8.40. The third kappa shape index (κ3) is 4.84. The lowest BCUT2D eigenvalue weighted by atomic mass is 9.97. The van der Waals surface area contributed by atoms with Crippen LogP contribution in [0.3, 0.4) is 0 Å². The SMILES string of the molecule is CCCCNC(=O)C1CCCN(C(=O)c2cc3c(C)nn(Cc4ccccc4Cl)c3s2)C1. The second kappa shape index (κ2) is 10.0. The van der Waals surface area contributed by atoms with Crippen molar-refractivity contribution >= 4 is 45.0 Å². The van der Waals surface area contributed by atoms with E-state index in [-0.39, 0.29) is 17.7 Å². The number of carbonyl (C=O) groups excluding carboxylic acids is 2. The van der Waals surface area contributed by atoms with Gasteiger partial charge in [-0.05, 0) is 43.9 Å². The molecule has 1 aliphatic rings. The van der Waals surface area contributed by atoms with E-state index < -0.39 is 0 Å². The van der Waals surface area contributed by atoms with Crippen molar-refractivity contribution in [1.29, 1.82) is 0 Å². The number of fused-ring (bicyclic) bond motifs is 1. The largest absolute Gasteiger partial charge is 0.356 e. The molecule has 1 aliphatic heterocycles. The summed E-state index contributed by atoms with van der Waals surface area (Å²) < 4.78 is 1.92. The minimum atomic E-state index is -0.128. The number of piperidine rings is 1. The van der Waals surface area contributed by atoms with Crippen molar-refractivity contribution in [2.24, 2.45) is 5.92 Å². The van der Waals surface area contributed by atoms with Crippen molar-refractivity contribution in [1.82, 2.24) is 20.0 Å². The molecule has 0 aliphatic carbocycles. The Hall–Kier alpha value is -2.38. The van der Waals surface area contributed by atoms with E-state index in [0.717, 1.165) is 47.2 Å². The fourth-order valence-electron chi connectivity index (χ4n) is 4.18. The van der Waals surface area contributed by atoms with Gasteiger partial charge in [0, 0.05) is 30.0 Å². The molecule has 2 aromatic heterocycles. The first-order chi connectivity index (χ1) is 15.5. The number of nitrogens with one attached hydrogen (secondary N) is 1. The number of benzene rings is 1. The molecule has 3 aromatic rings. The Kier molecular flexibility index (Phi) is 7.16. The normalized spacial score (nSPS) is 16.5. The third-order valence-corrected chi connectivity index (χ3v) is 7.51. The maximum Gasteiger partial charge on any atom is 0.264 e. The van der Waals surface area contributed by atoms with E-state index in [1.807, 2.05) is 46.8 Å². The van der Waals surface area contributed by atoms with Gasteiger partial charge in [0.2, 0.25) is 5.91 Å². The van der Waals surface area contributed by atoms with Crippen LogP contribution >= 0.6 is 22.9 Å². The summed E-state index contributed by atoms with van der Waals surface area (Å²) in [5.74, 6) is -0.0594. The molecule has 8 heteroatoms. The lowest BCUT2D eigenvalue weighted by Crippen LogP contribution is -2.45. The molecule has 170 valence electrons. The van der Waals surface area contributed by atoms with Gasteiger partial charge in [0.15, 0.2) is 0 Å². The average molecular weight is 473 g/mol. The van der Waals surface area contributed by atoms with Crippen LogP contribution in [0.4, 0.5) is 0 Å². The van der Waals surface area contributed by atoms with Crippen molar-refractivity contribution in [3.63, 3.8) is 0 Å². The number of amides is 2. The Labute approximate surface area is 197 Å². The summed E-state index contributed by atoms with van der Waals surface area (Å²) in [6.07, 6.45) is 3.71. The van der Waals surface area contributed by atoms with Crippen molar-refractivity contribution in [2.45, 2.75) is 46.1 Å². The predicted octanol–water partition coefficient (Wildman–Crippen LogP) is 4.88. The van der Waals surface area contributed by atoms with Gasteiger partial charge < -0.3 is 10.2 Å². The van der Waals surface area contributed by atoms with E-state index >= 15 is 0 Å². The number of aryl methyl sites for hydroxylation is 1. The van der Waals surface area contributed by atoms with E-state index in [4.69, 9.17) is 11.6 Å². The number of hydrogen-bond donors (Lipinski definition) is 1. The number of halogens is 1. The van der Waals surface area contributed by atoms with Crippen LogP contribution in [-0.4, -0.2) is 46.1 Å². The van der Waals surface area contributed by atoms with Gasteiger partial charge in [-0.15, -0.1) is 11.3 Å². The molecule has 0 bridgehead atoms. The van der Waals surface area contributed by atoms with E-state index in [1.54, 1.807) is 0 Å². The second-order valence-corrected chi connectivity index (χ2v) is 9.84. The summed E-state index contributed by atoms with van der Waals surface area (Å²) in [7, 11) is 0. The molecule has 0 saturated carbocycles. The average Bonchev–Trinajstić information content (AvgIpc) is 3.36. The topological polar surface area (TPSA) is 67.2 Å². The van der Waals surface area contributed by atoms with Crippen molar-refractivity contribution in [2.75, 3.05) is 19.6 Å². The molecule has 3 heterocycles. The van der Waals surface area contributed by atoms with Gasteiger partial charge in [-0.25, -0.2) is 0 Å². The molecule has 0 spiro atoms. The summed E-state index contributed by atoms with van der Waals surface area (Å²) in [4.78, 5) is 29.3. The molecule has 6 nitrogen and oxygen atoms in total. The lowest BCUT2D eigenvalue weighted by Gasteiger charge is -2.31. The number of hydrogen-bond acceptors (Lipinski definition) is 4. The molecular weight excluding hydrogens is 444 g/mol. The fraction of sp³-hybridized carbons (Fsp3) is 0.458. The summed E-state index contributed by atoms with van der Waals surface area (Å²) in [6.45, 7) is 6.50. The van der Waals surface area contributed by atoms with Gasteiger partial charge in [0.25, 0.3) is 5.91 Å². The van der Waals surface area contributed by atoms with Crippen molar-refractivity contribution in [3.8, 4) is 0 Å². The molecular formula is C24H29ClN4O2S. The zero-order valence-corrected chi connectivity index (χ0v) is 20.1. The number of thiophene rings is 1. The van der Waals surface area contributed by atoms with Crippen LogP contribution in [0.15, 0.2) is 30.3 Å². The van der Waals surface area contributed by atoms with Gasteiger partial charge in [-0.3, -0.25) is 14.3 Å². The maximum absolute atomic E-state index is 13.3. The standard InChI is InChI=1S/C24H29ClN4O2S/c1-3-4-11-26-22(30)18-9-7-12-28(14-18)23(31)21-13-19-16(2)27-29(24(19)32-21)15-17-8-5-6-10-20(17)25/h5-6,8,10,13,18H,3-4,7,9,11-12,14-15H2,1-2H3,(H,26,30). The quantitative estimate of drug-likeness (QED) is 0.498. The number of rotatable bonds is 7. The maximum atomic E-state index is 13.3. The number of carbonyl (C=O) groups is 2. The molecule has 1 fully saturated rings. The van der Waals surface area contributed by atoms with Crippen LogP contribution in [0.5, 0.6) is 0 Å². The Bertz CT molecular complexity index is 1120. The Morgan fingerprint density at radius 3 is 2.91 bits per heavy atom. The van der Waals surface area contributed by atoms with E-state index in [2.05, 4.69) is 17.3 Å². The van der Waals surface area contributed by atoms with Crippen molar-refractivity contribution in [3.05, 3.63) is 51.5 Å². The monoisotopic (exact) mass is 472 g/mol. The zero-order valence-electron chi connectivity index (χ0n) is 18.6. The Morgan fingerprint density at radius 2 is 2.12 bits per heavy atom. The van der Waals surface area contributed by atoms with E-state index in [1.165, 1.54) is 11.3 Å². The van der Waals surface area contributed by atoms with Crippen LogP contribution < -0.4 is 5.32 Å². The van der Waals surface area contributed by atoms with Crippen LogP contribution in [0, 0.1) is 12.8 Å². The van der Waals surface area contributed by atoms with Gasteiger partial charge in [-0.2, -0.15) is 5.10 Å². The smallest absolute Gasteiger partial charge is 0.264 e. The lowest BCUT2D eigenvalue weighted by molar-refractivity contribution is -0.126. The van der Waals surface area contributed by atoms with Crippen LogP contribution in [0.1, 0.15) is 53.5 Å². The van der Waals surface area contributed by atoms with Gasteiger partial charge in [0.05, 0.1) is 23.0 Å². The minimum Gasteiger partial charge on any atom is -0.356 e. The number of aromatic nitrogens is 2. The third-order valence-electron chi connectivity index (χ3n) is 6.01. The first-order valence-corrected chi connectivity index (χ1v) is 12.4. The van der Waals surface area contributed by atoms with E-state index in [9.17, 15) is 9.59 Å². The highest BCUT2D eigenvalue weighted by Gasteiger charge is 2.30. The molecule has 32 heavy (non-hydrogen) atoms. The van der Waals surface area contributed by atoms with Crippen LogP contribution in [0.2, 0.25) is 5.02 Å². The number of unbranched alkanes of at least 4 members (excludes halogenated alkanes) is 1. The first-order valence-electron chi connectivity index (χ1n) is 11.2. The van der Waals surface area contributed by atoms with Gasteiger partial charge in [0.1, 0.15) is 4.83 Å². The van der Waals surface area contributed by atoms with Gasteiger partial charge in [-0.1, -0.05) is 43.1 Å². The molecule has 1 unspecified atom stereocenters. The minimum absolute atomic E-state index is 0.000881. The Morgan fingerprint density at radius 1 is 1.31 bits per heavy atom. The summed E-state index contributed by atoms with van der Waals surface area (Å²) in [6, 6.07) is 9.68. The van der Waals surface area contributed by atoms with Crippen LogP contribution in [-0.2, 0) is 11.3 Å². The molecule has 1 atom stereocenters. The highest BCUT2D eigenvalue weighted by atomic mass is 35.5. The van der Waals surface area contributed by atoms with E-state index in [0.29, 0.717) is 36.1 Å². The summed E-state index contributed by atoms with van der Waals surface area (Å²) in [5.41, 5.74) is 1.89. The first kappa shape index (κ1) is 22.8. The predicted molar refractivity (Wildman–Crippen MR) is 129 cm³/mol. The molecule has 4 rings (SSSR count). The fourth-order valence-corrected chi connectivity index (χ4v) is 5.50. The zero-order chi connectivity index (χ0) is 22.7. The van der Waals surface area contributed by atoms with Gasteiger partial charge >= 0.3 is 0 Å². The van der Waals surface area contributed by atoms with Crippen molar-refractivity contribution < 1.29 is 9.59 Å². The molecule has 1 aromatic carbocycles. The molecule has 1 saturated heterocycles. The highest BCUT2D eigenvalue weighted by Crippen LogP contribution is 2.31. The molecule has 0 radical (unpaired) electrons. The Balaban J connectivity index is 1.50. The number of nitrogens with zero attached hydrogens (tertiary/aromatic N) is 3. The number of likely N-dealkylation sites (tertiary alicyclic amines) is 1. The summed E-state index contributed by atoms with van der Waals surface area (Å²) >= 11 is 7.80. The van der Waals surface area contributed by atoms with Crippen LogP contribution in [0.25, 0.3) is 10.2 Å².